The Hall–Kier alpha value is -2.10. The van der Waals surface area contributed by atoms with Gasteiger partial charge in [0.15, 0.2) is 0 Å². The predicted octanol–water partition coefficient (Wildman–Crippen LogP) is 4.59. The van der Waals surface area contributed by atoms with Crippen molar-refractivity contribution in [1.29, 1.82) is 0 Å². The van der Waals surface area contributed by atoms with Crippen molar-refractivity contribution in [2.24, 2.45) is 0 Å². The molecule has 0 aliphatic heterocycles. The van der Waals surface area contributed by atoms with Crippen LogP contribution in [0.3, 0.4) is 0 Å². The number of anilines is 1. The van der Waals surface area contributed by atoms with Gasteiger partial charge < -0.3 is 10.2 Å². The van der Waals surface area contributed by atoms with Crippen LogP contribution in [-0.2, 0) is 26.2 Å². The molecule has 0 saturated heterocycles. The van der Waals surface area contributed by atoms with Crippen LogP contribution in [0.1, 0.15) is 39.7 Å². The highest BCUT2D eigenvalue weighted by Gasteiger charge is 2.33. The standard InChI is InChI=1S/C24H31BrClN3O4S/c1-6-21(23(31)27-24(2,3)4)28(15-17-9-7-8-10-20(17)26)22(30)16-29(34(5,32)33)19-13-11-18(25)12-14-19/h7-14,21H,6,15-16H2,1-5H3,(H,27,31)/t21-/m0/s1. The van der Waals surface area contributed by atoms with Gasteiger partial charge in [-0.3, -0.25) is 13.9 Å². The molecule has 186 valence electrons. The second kappa shape index (κ2) is 11.6. The topological polar surface area (TPSA) is 86.8 Å². The van der Waals surface area contributed by atoms with Gasteiger partial charge in [-0.25, -0.2) is 8.42 Å². The fourth-order valence-corrected chi connectivity index (χ4v) is 4.71. The molecule has 34 heavy (non-hydrogen) atoms. The fraction of sp³-hybridized carbons (Fsp3) is 0.417. The SMILES string of the molecule is CC[C@@H](C(=O)NC(C)(C)C)N(Cc1ccccc1Cl)C(=O)CN(c1ccc(Br)cc1)S(C)(=O)=O. The molecule has 7 nitrogen and oxygen atoms in total. The van der Waals surface area contributed by atoms with Crippen LogP contribution in [0, 0.1) is 0 Å². The molecule has 0 fully saturated rings. The van der Waals surface area contributed by atoms with Gasteiger partial charge in [0.2, 0.25) is 21.8 Å². The van der Waals surface area contributed by atoms with Crippen molar-refractivity contribution in [3.05, 3.63) is 63.6 Å². The Bertz CT molecular complexity index is 1120. The average molecular weight is 573 g/mol. The number of sulfonamides is 1. The number of hydrogen-bond donors (Lipinski definition) is 1. The molecule has 1 atom stereocenters. The third-order valence-electron chi connectivity index (χ3n) is 4.98. The highest BCUT2D eigenvalue weighted by atomic mass is 79.9. The van der Waals surface area contributed by atoms with Gasteiger partial charge in [-0.2, -0.15) is 0 Å². The predicted molar refractivity (Wildman–Crippen MR) is 140 cm³/mol. The molecule has 0 saturated carbocycles. The van der Waals surface area contributed by atoms with Gasteiger partial charge in [0, 0.05) is 21.6 Å². The highest BCUT2D eigenvalue weighted by molar-refractivity contribution is 9.10. The number of rotatable bonds is 9. The number of amides is 2. The molecular weight excluding hydrogens is 542 g/mol. The summed E-state index contributed by atoms with van der Waals surface area (Å²) in [5.41, 5.74) is 0.512. The van der Waals surface area contributed by atoms with E-state index in [0.29, 0.717) is 22.7 Å². The van der Waals surface area contributed by atoms with Crippen molar-refractivity contribution in [3.8, 4) is 0 Å². The van der Waals surface area contributed by atoms with Crippen LogP contribution in [-0.4, -0.2) is 49.5 Å². The van der Waals surface area contributed by atoms with Gasteiger partial charge in [-0.1, -0.05) is 52.7 Å². The van der Waals surface area contributed by atoms with Gasteiger partial charge >= 0.3 is 0 Å². The summed E-state index contributed by atoms with van der Waals surface area (Å²) in [4.78, 5) is 28.1. The Morgan fingerprint density at radius 1 is 1.09 bits per heavy atom. The lowest BCUT2D eigenvalue weighted by Crippen LogP contribution is -2.55. The summed E-state index contributed by atoms with van der Waals surface area (Å²) in [6, 6.07) is 12.9. The Labute approximate surface area is 215 Å². The fourth-order valence-electron chi connectivity index (χ4n) is 3.40. The van der Waals surface area contributed by atoms with E-state index in [2.05, 4.69) is 21.2 Å². The van der Waals surface area contributed by atoms with Gasteiger partial charge in [0.25, 0.3) is 0 Å². The van der Waals surface area contributed by atoms with Crippen molar-refractivity contribution in [2.45, 2.75) is 52.2 Å². The van der Waals surface area contributed by atoms with Crippen molar-refractivity contribution in [1.82, 2.24) is 10.2 Å². The first kappa shape index (κ1) is 28.1. The largest absolute Gasteiger partial charge is 0.350 e. The first-order valence-corrected chi connectivity index (χ1v) is 13.8. The zero-order valence-corrected chi connectivity index (χ0v) is 23.2. The third-order valence-corrected chi connectivity index (χ3v) is 7.01. The number of carbonyl (C=O) groups is 2. The lowest BCUT2D eigenvalue weighted by molar-refractivity contribution is -0.141. The minimum atomic E-state index is -3.78. The summed E-state index contributed by atoms with van der Waals surface area (Å²) in [5, 5.41) is 3.38. The van der Waals surface area contributed by atoms with E-state index in [4.69, 9.17) is 11.6 Å². The molecule has 1 N–H and O–H groups in total. The maximum absolute atomic E-state index is 13.6. The van der Waals surface area contributed by atoms with Crippen molar-refractivity contribution in [2.75, 3.05) is 17.1 Å². The molecule has 2 rings (SSSR count). The summed E-state index contributed by atoms with van der Waals surface area (Å²) < 4.78 is 27.0. The van der Waals surface area contributed by atoms with Crippen LogP contribution in [0.15, 0.2) is 53.0 Å². The molecule has 2 aromatic carbocycles. The van der Waals surface area contributed by atoms with Crippen LogP contribution >= 0.6 is 27.5 Å². The second-order valence-corrected chi connectivity index (χ2v) is 12.3. The zero-order chi connectivity index (χ0) is 25.7. The van der Waals surface area contributed by atoms with E-state index in [1.807, 2.05) is 27.7 Å². The van der Waals surface area contributed by atoms with Crippen LogP contribution in [0.2, 0.25) is 5.02 Å². The van der Waals surface area contributed by atoms with Gasteiger partial charge in [-0.15, -0.1) is 0 Å². The molecule has 2 aromatic rings. The normalized spacial score (nSPS) is 12.7. The second-order valence-electron chi connectivity index (χ2n) is 9.02. The minimum Gasteiger partial charge on any atom is -0.350 e. The van der Waals surface area contributed by atoms with Crippen LogP contribution in [0.25, 0.3) is 0 Å². The monoisotopic (exact) mass is 571 g/mol. The van der Waals surface area contributed by atoms with E-state index < -0.39 is 34.1 Å². The quantitative estimate of drug-likeness (QED) is 0.476. The maximum atomic E-state index is 13.6. The van der Waals surface area contributed by atoms with Gasteiger partial charge in [0.1, 0.15) is 12.6 Å². The lowest BCUT2D eigenvalue weighted by Gasteiger charge is -2.34. The molecule has 0 heterocycles. The van der Waals surface area contributed by atoms with Crippen LogP contribution in [0.4, 0.5) is 5.69 Å². The average Bonchev–Trinajstić information content (AvgIpc) is 2.71. The number of nitrogens with zero attached hydrogens (tertiary/aromatic N) is 2. The van der Waals surface area contributed by atoms with E-state index in [-0.39, 0.29) is 12.5 Å². The molecule has 0 radical (unpaired) electrons. The Morgan fingerprint density at radius 3 is 2.18 bits per heavy atom. The van der Waals surface area contributed by atoms with E-state index in [0.717, 1.165) is 15.0 Å². The van der Waals surface area contributed by atoms with E-state index in [1.165, 1.54) is 4.90 Å². The first-order valence-electron chi connectivity index (χ1n) is 10.8. The van der Waals surface area contributed by atoms with Crippen molar-refractivity contribution in [3.63, 3.8) is 0 Å². The summed E-state index contributed by atoms with van der Waals surface area (Å²) >= 11 is 9.68. The highest BCUT2D eigenvalue weighted by Crippen LogP contribution is 2.23. The maximum Gasteiger partial charge on any atom is 0.244 e. The molecule has 2 amide bonds. The van der Waals surface area contributed by atoms with Crippen LogP contribution < -0.4 is 9.62 Å². The summed E-state index contributed by atoms with van der Waals surface area (Å²) in [5.74, 6) is -0.825. The first-order chi connectivity index (χ1) is 15.7. The van der Waals surface area contributed by atoms with Crippen molar-refractivity contribution < 1.29 is 18.0 Å². The number of carbonyl (C=O) groups excluding carboxylic acids is 2. The molecule has 0 aliphatic carbocycles. The van der Waals surface area contributed by atoms with Gasteiger partial charge in [0.05, 0.1) is 11.9 Å². The van der Waals surface area contributed by atoms with Gasteiger partial charge in [-0.05, 0) is 63.1 Å². The Morgan fingerprint density at radius 2 is 1.68 bits per heavy atom. The number of halogens is 2. The zero-order valence-electron chi connectivity index (χ0n) is 20.0. The summed E-state index contributed by atoms with van der Waals surface area (Å²) in [6.45, 7) is 6.99. The smallest absolute Gasteiger partial charge is 0.244 e. The van der Waals surface area contributed by atoms with E-state index in [9.17, 15) is 18.0 Å². The molecule has 0 spiro atoms. The minimum absolute atomic E-state index is 0.0620. The van der Waals surface area contributed by atoms with E-state index in [1.54, 1.807) is 48.5 Å². The molecular formula is C24H31BrClN3O4S. The molecule has 0 aromatic heterocycles. The number of hydrogen-bond acceptors (Lipinski definition) is 4. The van der Waals surface area contributed by atoms with Crippen molar-refractivity contribution >= 4 is 55.1 Å². The molecule has 0 unspecified atom stereocenters. The molecule has 10 heteroatoms. The molecule has 0 aliphatic rings. The van der Waals surface area contributed by atoms with Crippen LogP contribution in [0.5, 0.6) is 0 Å². The summed E-state index contributed by atoms with van der Waals surface area (Å²) in [7, 11) is -3.78. The summed E-state index contributed by atoms with van der Waals surface area (Å²) in [6.07, 6.45) is 1.39. The Balaban J connectivity index is 2.46. The number of benzene rings is 2. The lowest BCUT2D eigenvalue weighted by atomic mass is 10.1. The number of nitrogens with one attached hydrogen (secondary N) is 1. The van der Waals surface area contributed by atoms with E-state index >= 15 is 0 Å². The molecule has 0 bridgehead atoms. The Kier molecular flexibility index (Phi) is 9.56. The third kappa shape index (κ3) is 7.99.